The van der Waals surface area contributed by atoms with Gasteiger partial charge in [0.05, 0.1) is 10.6 Å². The monoisotopic (exact) mass is 373 g/mol. The molecule has 26 heavy (non-hydrogen) atoms. The van der Waals surface area contributed by atoms with E-state index in [2.05, 4.69) is 5.32 Å². The van der Waals surface area contributed by atoms with Crippen molar-refractivity contribution >= 4 is 29.2 Å². The average Bonchev–Trinajstić information content (AvgIpc) is 3.09. The lowest BCUT2D eigenvalue weighted by molar-refractivity contribution is 0.0696. The fourth-order valence-electron chi connectivity index (χ4n) is 2.39. The summed E-state index contributed by atoms with van der Waals surface area (Å²) in [6, 6.07) is 11.6. The molecule has 0 saturated heterocycles. The molecule has 7 heteroatoms. The van der Waals surface area contributed by atoms with E-state index in [0.717, 1.165) is 0 Å². The number of benzene rings is 2. The number of nitrogens with one attached hydrogen (secondary N) is 1. The number of rotatable bonds is 4. The molecule has 1 amide bonds. The van der Waals surface area contributed by atoms with Gasteiger partial charge in [-0.1, -0.05) is 11.6 Å². The molecule has 0 radical (unpaired) electrons. The Balaban J connectivity index is 1.80. The SMILES string of the molecule is Cc1cc(C(=O)O)ccc1NC(=O)c1ccc(-c2ccc(F)c(Cl)c2)o1. The number of hydrogen-bond donors (Lipinski definition) is 2. The summed E-state index contributed by atoms with van der Waals surface area (Å²) in [5.41, 5.74) is 1.75. The van der Waals surface area contributed by atoms with E-state index >= 15 is 0 Å². The van der Waals surface area contributed by atoms with Crippen LogP contribution in [0.3, 0.4) is 0 Å². The first-order valence-electron chi connectivity index (χ1n) is 7.55. The van der Waals surface area contributed by atoms with Crippen LogP contribution < -0.4 is 5.32 Å². The van der Waals surface area contributed by atoms with Crippen molar-refractivity contribution in [3.8, 4) is 11.3 Å². The molecule has 0 aliphatic carbocycles. The molecule has 0 unspecified atom stereocenters. The minimum absolute atomic E-state index is 0.0425. The number of aromatic carboxylic acids is 1. The van der Waals surface area contributed by atoms with Gasteiger partial charge in [-0.05, 0) is 61.0 Å². The van der Waals surface area contributed by atoms with Crippen LogP contribution >= 0.6 is 11.6 Å². The predicted molar refractivity (Wildman–Crippen MR) is 95.2 cm³/mol. The largest absolute Gasteiger partial charge is 0.478 e. The van der Waals surface area contributed by atoms with E-state index in [1.807, 2.05) is 0 Å². The molecule has 132 valence electrons. The van der Waals surface area contributed by atoms with Gasteiger partial charge in [-0.2, -0.15) is 0 Å². The number of anilines is 1. The van der Waals surface area contributed by atoms with Crippen molar-refractivity contribution in [1.29, 1.82) is 0 Å². The van der Waals surface area contributed by atoms with Crippen LogP contribution in [0.15, 0.2) is 52.9 Å². The zero-order valence-corrected chi connectivity index (χ0v) is 14.3. The minimum atomic E-state index is -1.04. The van der Waals surface area contributed by atoms with Gasteiger partial charge in [-0.3, -0.25) is 4.79 Å². The quantitative estimate of drug-likeness (QED) is 0.674. The van der Waals surface area contributed by atoms with Crippen LogP contribution in [0.1, 0.15) is 26.5 Å². The Morgan fingerprint density at radius 3 is 2.54 bits per heavy atom. The maximum Gasteiger partial charge on any atom is 0.335 e. The molecule has 1 heterocycles. The Bertz CT molecular complexity index is 1010. The zero-order valence-electron chi connectivity index (χ0n) is 13.5. The molecule has 0 fully saturated rings. The highest BCUT2D eigenvalue weighted by Gasteiger charge is 2.15. The van der Waals surface area contributed by atoms with Gasteiger partial charge in [0, 0.05) is 11.3 Å². The fraction of sp³-hybridized carbons (Fsp3) is 0.0526. The summed E-state index contributed by atoms with van der Waals surface area (Å²) in [7, 11) is 0. The fourth-order valence-corrected chi connectivity index (χ4v) is 2.57. The van der Waals surface area contributed by atoms with Gasteiger partial charge in [0.25, 0.3) is 5.91 Å². The van der Waals surface area contributed by atoms with Crippen molar-refractivity contribution in [3.05, 3.63) is 76.3 Å². The van der Waals surface area contributed by atoms with Gasteiger partial charge < -0.3 is 14.8 Å². The summed E-state index contributed by atoms with van der Waals surface area (Å²) in [6.45, 7) is 1.69. The number of carbonyl (C=O) groups excluding carboxylic acids is 1. The van der Waals surface area contributed by atoms with Crippen LogP contribution in [0.4, 0.5) is 10.1 Å². The molecule has 0 aliphatic rings. The van der Waals surface area contributed by atoms with Gasteiger partial charge in [-0.25, -0.2) is 9.18 Å². The standard InChI is InChI=1S/C19H13ClFNO4/c1-10-8-12(19(24)25)3-5-15(10)22-18(23)17-7-6-16(26-17)11-2-4-14(21)13(20)9-11/h2-9H,1H3,(H,22,23)(H,24,25). The van der Waals surface area contributed by atoms with Gasteiger partial charge in [0.2, 0.25) is 0 Å². The Morgan fingerprint density at radius 1 is 1.12 bits per heavy atom. The second-order valence-corrected chi connectivity index (χ2v) is 5.99. The molecule has 3 aromatic rings. The third-order valence-electron chi connectivity index (χ3n) is 3.76. The number of furan rings is 1. The highest BCUT2D eigenvalue weighted by atomic mass is 35.5. The molecule has 0 aliphatic heterocycles. The summed E-state index contributed by atoms with van der Waals surface area (Å²) in [5.74, 6) is -1.65. The highest BCUT2D eigenvalue weighted by Crippen LogP contribution is 2.27. The third-order valence-corrected chi connectivity index (χ3v) is 4.05. The minimum Gasteiger partial charge on any atom is -0.478 e. The molecule has 0 spiro atoms. The van der Waals surface area contributed by atoms with Gasteiger partial charge in [0.15, 0.2) is 5.76 Å². The van der Waals surface area contributed by atoms with Crippen LogP contribution in [0.2, 0.25) is 5.02 Å². The molecule has 2 aromatic carbocycles. The summed E-state index contributed by atoms with van der Waals surface area (Å²) < 4.78 is 18.8. The summed E-state index contributed by atoms with van der Waals surface area (Å²) in [6.07, 6.45) is 0. The Hall–Kier alpha value is -3.12. The first-order valence-corrected chi connectivity index (χ1v) is 7.93. The molecule has 5 nitrogen and oxygen atoms in total. The number of carboxylic acid groups (broad SMARTS) is 1. The molecule has 0 saturated carbocycles. The lowest BCUT2D eigenvalue weighted by atomic mass is 10.1. The average molecular weight is 374 g/mol. The maximum atomic E-state index is 13.2. The van der Waals surface area contributed by atoms with Crippen molar-refractivity contribution in [3.63, 3.8) is 0 Å². The van der Waals surface area contributed by atoms with Crippen LogP contribution in [0, 0.1) is 12.7 Å². The summed E-state index contributed by atoms with van der Waals surface area (Å²) >= 11 is 5.76. The Morgan fingerprint density at radius 2 is 1.88 bits per heavy atom. The number of hydrogen-bond acceptors (Lipinski definition) is 3. The molecule has 2 N–H and O–H groups in total. The number of aryl methyl sites for hydroxylation is 1. The smallest absolute Gasteiger partial charge is 0.335 e. The van der Waals surface area contributed by atoms with Crippen molar-refractivity contribution in [2.45, 2.75) is 6.92 Å². The lowest BCUT2D eigenvalue weighted by Crippen LogP contribution is -2.12. The van der Waals surface area contributed by atoms with E-state index in [-0.39, 0.29) is 16.3 Å². The number of carbonyl (C=O) groups is 2. The van der Waals surface area contributed by atoms with Gasteiger partial charge in [-0.15, -0.1) is 0 Å². The highest BCUT2D eigenvalue weighted by molar-refractivity contribution is 6.31. The van der Waals surface area contributed by atoms with Crippen molar-refractivity contribution < 1.29 is 23.5 Å². The molecular weight excluding hydrogens is 361 g/mol. The van der Waals surface area contributed by atoms with Crippen molar-refractivity contribution in [2.75, 3.05) is 5.32 Å². The van der Waals surface area contributed by atoms with Gasteiger partial charge >= 0.3 is 5.97 Å². The Kier molecular flexibility index (Phi) is 4.77. The predicted octanol–water partition coefficient (Wildman–Crippen LogP) is 5.00. The number of carboxylic acids is 1. The summed E-state index contributed by atoms with van der Waals surface area (Å²) in [5, 5.41) is 11.6. The van der Waals surface area contributed by atoms with Crippen LogP contribution in [0.5, 0.6) is 0 Å². The zero-order chi connectivity index (χ0) is 18.8. The normalized spacial score (nSPS) is 10.6. The second kappa shape index (κ2) is 7.01. The van der Waals surface area contributed by atoms with Gasteiger partial charge in [0.1, 0.15) is 11.6 Å². The first-order chi connectivity index (χ1) is 12.3. The maximum absolute atomic E-state index is 13.2. The molecule has 3 rings (SSSR count). The van der Waals surface area contributed by atoms with Crippen LogP contribution in [-0.4, -0.2) is 17.0 Å². The lowest BCUT2D eigenvalue weighted by Gasteiger charge is -2.08. The molecule has 0 bridgehead atoms. The molecule has 1 aromatic heterocycles. The van der Waals surface area contributed by atoms with Crippen molar-refractivity contribution in [1.82, 2.24) is 0 Å². The molecular formula is C19H13ClFNO4. The van der Waals surface area contributed by atoms with E-state index < -0.39 is 17.7 Å². The molecule has 0 atom stereocenters. The Labute approximate surface area is 153 Å². The second-order valence-electron chi connectivity index (χ2n) is 5.58. The third kappa shape index (κ3) is 3.60. The van der Waals surface area contributed by atoms with E-state index in [0.29, 0.717) is 22.6 Å². The van der Waals surface area contributed by atoms with E-state index in [1.165, 1.54) is 42.5 Å². The van der Waals surface area contributed by atoms with E-state index in [4.69, 9.17) is 21.1 Å². The van der Waals surface area contributed by atoms with Crippen LogP contribution in [-0.2, 0) is 0 Å². The van der Waals surface area contributed by atoms with E-state index in [9.17, 15) is 14.0 Å². The first kappa shape index (κ1) is 17.7. The topological polar surface area (TPSA) is 79.5 Å². The number of halogens is 2. The van der Waals surface area contributed by atoms with E-state index in [1.54, 1.807) is 13.0 Å². The van der Waals surface area contributed by atoms with Crippen molar-refractivity contribution in [2.24, 2.45) is 0 Å². The summed E-state index contributed by atoms with van der Waals surface area (Å²) in [4.78, 5) is 23.3. The van der Waals surface area contributed by atoms with Crippen LogP contribution in [0.25, 0.3) is 11.3 Å². The number of amides is 1.